The molecule has 0 saturated carbocycles. The molecule has 1 N–H and O–H groups in total. The molecule has 1 amide bonds. The van der Waals surface area contributed by atoms with E-state index < -0.39 is 12.4 Å². The van der Waals surface area contributed by atoms with Gasteiger partial charge in [-0.15, -0.1) is 13.2 Å². The molecule has 5 nitrogen and oxygen atoms in total. The van der Waals surface area contributed by atoms with Crippen LogP contribution in [0, 0.1) is 0 Å². The number of carbonyl (C=O) groups is 1. The van der Waals surface area contributed by atoms with Gasteiger partial charge in [0.2, 0.25) is 0 Å². The standard InChI is InChI=1S/C11H8F3N3O2/c12-11(13,14)19-9-3-1-8(2-4-9)16-10(18)17-6-5-15-7-17/h1-7H,(H,16,18). The van der Waals surface area contributed by atoms with Crippen LogP contribution in [-0.4, -0.2) is 21.9 Å². The number of halogens is 3. The van der Waals surface area contributed by atoms with Gasteiger partial charge in [0.1, 0.15) is 12.1 Å². The number of nitrogens with zero attached hydrogens (tertiary/aromatic N) is 2. The van der Waals surface area contributed by atoms with Gasteiger partial charge >= 0.3 is 12.4 Å². The molecule has 0 saturated heterocycles. The molecule has 8 heteroatoms. The van der Waals surface area contributed by atoms with Crippen molar-refractivity contribution in [3.63, 3.8) is 0 Å². The Balaban J connectivity index is 2.01. The molecule has 2 rings (SSSR count). The van der Waals surface area contributed by atoms with Crippen LogP contribution in [0.15, 0.2) is 43.0 Å². The Kier molecular flexibility index (Phi) is 3.41. The fourth-order valence-electron chi connectivity index (χ4n) is 1.31. The van der Waals surface area contributed by atoms with E-state index in [4.69, 9.17) is 0 Å². The lowest BCUT2D eigenvalue weighted by molar-refractivity contribution is -0.274. The topological polar surface area (TPSA) is 56.1 Å². The van der Waals surface area contributed by atoms with Crippen LogP contribution in [0.5, 0.6) is 5.75 Å². The number of rotatable bonds is 2. The first-order chi connectivity index (χ1) is 8.94. The van der Waals surface area contributed by atoms with E-state index in [2.05, 4.69) is 15.0 Å². The normalized spacial score (nSPS) is 11.1. The van der Waals surface area contributed by atoms with Crippen molar-refractivity contribution in [1.82, 2.24) is 9.55 Å². The first-order valence-electron chi connectivity index (χ1n) is 5.09. The number of nitrogens with one attached hydrogen (secondary N) is 1. The molecule has 19 heavy (non-hydrogen) atoms. The Morgan fingerprint density at radius 2 is 1.95 bits per heavy atom. The first kappa shape index (κ1) is 12.9. The molecule has 0 aliphatic rings. The quantitative estimate of drug-likeness (QED) is 0.913. The van der Waals surface area contributed by atoms with Crippen LogP contribution in [0.25, 0.3) is 0 Å². The molecule has 0 spiro atoms. The average molecular weight is 271 g/mol. The highest BCUT2D eigenvalue weighted by molar-refractivity contribution is 5.90. The van der Waals surface area contributed by atoms with Gasteiger partial charge in [0, 0.05) is 18.1 Å². The van der Waals surface area contributed by atoms with Gasteiger partial charge in [0.25, 0.3) is 0 Å². The Hall–Kier alpha value is -2.51. The number of benzene rings is 1. The Labute approximate surface area is 105 Å². The summed E-state index contributed by atoms with van der Waals surface area (Å²) in [6, 6.07) is 4.35. The lowest BCUT2D eigenvalue weighted by Gasteiger charge is -2.09. The molecule has 0 atom stereocenters. The van der Waals surface area contributed by atoms with E-state index >= 15 is 0 Å². The van der Waals surface area contributed by atoms with Gasteiger partial charge in [0.15, 0.2) is 0 Å². The van der Waals surface area contributed by atoms with Crippen molar-refractivity contribution >= 4 is 11.7 Å². The van der Waals surface area contributed by atoms with Gasteiger partial charge < -0.3 is 10.1 Å². The molecule has 0 bridgehead atoms. The number of alkyl halides is 3. The second-order valence-corrected chi connectivity index (χ2v) is 3.47. The lowest BCUT2D eigenvalue weighted by Crippen LogP contribution is -2.18. The summed E-state index contributed by atoms with van der Waals surface area (Å²) < 4.78 is 40.7. The minimum absolute atomic E-state index is 0.341. The van der Waals surface area contributed by atoms with Crippen LogP contribution in [0.2, 0.25) is 0 Å². The summed E-state index contributed by atoms with van der Waals surface area (Å²) in [4.78, 5) is 15.3. The van der Waals surface area contributed by atoms with Crippen molar-refractivity contribution in [2.24, 2.45) is 0 Å². The van der Waals surface area contributed by atoms with Crippen molar-refractivity contribution in [3.05, 3.63) is 43.0 Å². The van der Waals surface area contributed by atoms with E-state index in [0.29, 0.717) is 5.69 Å². The Morgan fingerprint density at radius 3 is 2.47 bits per heavy atom. The summed E-state index contributed by atoms with van der Waals surface area (Å²) in [6.45, 7) is 0. The zero-order chi connectivity index (χ0) is 13.9. The van der Waals surface area contributed by atoms with Crippen molar-refractivity contribution < 1.29 is 22.7 Å². The third-order valence-corrected chi connectivity index (χ3v) is 2.08. The maximum absolute atomic E-state index is 11.9. The van der Waals surface area contributed by atoms with Crippen molar-refractivity contribution in [2.45, 2.75) is 6.36 Å². The largest absolute Gasteiger partial charge is 0.573 e. The number of hydrogen-bond acceptors (Lipinski definition) is 3. The summed E-state index contributed by atoms with van der Waals surface area (Å²) in [5.41, 5.74) is 0.341. The van der Waals surface area contributed by atoms with E-state index in [0.717, 1.165) is 12.1 Å². The predicted octanol–water partition coefficient (Wildman–Crippen LogP) is 2.86. The lowest BCUT2D eigenvalue weighted by atomic mass is 10.3. The molecule has 1 aromatic heterocycles. The second kappa shape index (κ2) is 5.01. The SMILES string of the molecule is O=C(Nc1ccc(OC(F)(F)F)cc1)n1ccnc1. The summed E-state index contributed by atoms with van der Waals surface area (Å²) in [7, 11) is 0. The number of carbonyl (C=O) groups excluding carboxylic acids is 1. The zero-order valence-corrected chi connectivity index (χ0v) is 9.39. The van der Waals surface area contributed by atoms with Gasteiger partial charge in [-0.3, -0.25) is 4.57 Å². The molecular weight excluding hydrogens is 263 g/mol. The smallest absolute Gasteiger partial charge is 0.406 e. The maximum Gasteiger partial charge on any atom is 0.573 e. The number of imidazole rings is 1. The molecule has 0 aliphatic heterocycles. The molecule has 0 fully saturated rings. The summed E-state index contributed by atoms with van der Waals surface area (Å²) in [5.74, 6) is -0.354. The number of ether oxygens (including phenoxy) is 1. The molecule has 0 unspecified atom stereocenters. The minimum Gasteiger partial charge on any atom is -0.406 e. The van der Waals surface area contributed by atoms with Gasteiger partial charge in [-0.1, -0.05) is 0 Å². The van der Waals surface area contributed by atoms with E-state index in [9.17, 15) is 18.0 Å². The van der Waals surface area contributed by atoms with Crippen LogP contribution in [0.1, 0.15) is 0 Å². The summed E-state index contributed by atoms with van der Waals surface area (Å²) in [6.07, 6.45) is -0.561. The number of hydrogen-bond donors (Lipinski definition) is 1. The highest BCUT2D eigenvalue weighted by Gasteiger charge is 2.30. The number of anilines is 1. The predicted molar refractivity (Wildman–Crippen MR) is 59.8 cm³/mol. The van der Waals surface area contributed by atoms with Crippen molar-refractivity contribution in [2.75, 3.05) is 5.32 Å². The van der Waals surface area contributed by atoms with Crippen LogP contribution < -0.4 is 10.1 Å². The molecule has 1 aromatic carbocycles. The van der Waals surface area contributed by atoms with Gasteiger partial charge in [-0.2, -0.15) is 0 Å². The van der Waals surface area contributed by atoms with Crippen molar-refractivity contribution in [3.8, 4) is 5.75 Å². The molecule has 1 heterocycles. The maximum atomic E-state index is 11.9. The van der Waals surface area contributed by atoms with E-state index in [1.807, 2.05) is 0 Å². The monoisotopic (exact) mass is 271 g/mol. The summed E-state index contributed by atoms with van der Waals surface area (Å²) in [5, 5.41) is 2.48. The van der Waals surface area contributed by atoms with Crippen LogP contribution in [0.4, 0.5) is 23.7 Å². The van der Waals surface area contributed by atoms with Crippen LogP contribution in [0.3, 0.4) is 0 Å². The summed E-state index contributed by atoms with van der Waals surface area (Å²) >= 11 is 0. The molecule has 0 aliphatic carbocycles. The second-order valence-electron chi connectivity index (χ2n) is 3.47. The molecule has 0 radical (unpaired) electrons. The first-order valence-corrected chi connectivity index (χ1v) is 5.09. The van der Waals surface area contributed by atoms with Gasteiger partial charge in [-0.25, -0.2) is 9.78 Å². The van der Waals surface area contributed by atoms with Gasteiger partial charge in [0.05, 0.1) is 0 Å². The Bertz CT molecular complexity index is 550. The van der Waals surface area contributed by atoms with Crippen LogP contribution in [-0.2, 0) is 0 Å². The molecule has 100 valence electrons. The minimum atomic E-state index is -4.73. The fourth-order valence-corrected chi connectivity index (χ4v) is 1.31. The number of aromatic nitrogens is 2. The zero-order valence-electron chi connectivity index (χ0n) is 9.39. The number of amides is 1. The van der Waals surface area contributed by atoms with Crippen molar-refractivity contribution in [1.29, 1.82) is 0 Å². The van der Waals surface area contributed by atoms with E-state index in [1.54, 1.807) is 0 Å². The molecule has 2 aromatic rings. The third-order valence-electron chi connectivity index (χ3n) is 2.08. The average Bonchev–Trinajstić information content (AvgIpc) is 2.83. The molecular formula is C11H8F3N3O2. The van der Waals surface area contributed by atoms with E-state index in [1.165, 1.54) is 35.4 Å². The van der Waals surface area contributed by atoms with Crippen LogP contribution >= 0.6 is 0 Å². The Morgan fingerprint density at radius 1 is 1.26 bits per heavy atom. The third kappa shape index (κ3) is 3.73. The van der Waals surface area contributed by atoms with Gasteiger partial charge in [-0.05, 0) is 24.3 Å². The highest BCUT2D eigenvalue weighted by atomic mass is 19.4. The highest BCUT2D eigenvalue weighted by Crippen LogP contribution is 2.23. The van der Waals surface area contributed by atoms with E-state index in [-0.39, 0.29) is 5.75 Å². The fraction of sp³-hybridized carbons (Fsp3) is 0.0909.